The summed E-state index contributed by atoms with van der Waals surface area (Å²) in [5, 5.41) is 2.92. The van der Waals surface area contributed by atoms with Crippen LogP contribution >= 0.6 is 12.4 Å². The van der Waals surface area contributed by atoms with E-state index in [-0.39, 0.29) is 24.7 Å². The Hall–Kier alpha value is -1.27. The van der Waals surface area contributed by atoms with Crippen LogP contribution in [0.1, 0.15) is 11.1 Å². The maximum atomic E-state index is 12.4. The molecule has 0 bridgehead atoms. The van der Waals surface area contributed by atoms with Gasteiger partial charge in [-0.05, 0) is 24.7 Å². The van der Waals surface area contributed by atoms with Crippen LogP contribution in [-0.2, 0) is 17.4 Å². The summed E-state index contributed by atoms with van der Waals surface area (Å²) in [7, 11) is 3.46. The highest BCUT2D eigenvalue weighted by atomic mass is 35.5. The zero-order valence-corrected chi connectivity index (χ0v) is 12.1. The predicted molar refractivity (Wildman–Crippen MR) is 74.0 cm³/mol. The lowest BCUT2D eigenvalue weighted by Gasteiger charge is -2.17. The Morgan fingerprint density at radius 3 is 2.25 bits per heavy atom. The quantitative estimate of drug-likeness (QED) is 0.905. The molecular formula is C13H18ClF3N2O. The molecule has 1 aromatic carbocycles. The van der Waals surface area contributed by atoms with Crippen LogP contribution in [0.5, 0.6) is 0 Å². The minimum Gasteiger partial charge on any atom is -0.344 e. The van der Waals surface area contributed by atoms with Gasteiger partial charge in [0.05, 0.1) is 12.0 Å². The Labute approximate surface area is 122 Å². The molecule has 1 amide bonds. The van der Waals surface area contributed by atoms with Gasteiger partial charge in [-0.15, -0.1) is 12.4 Å². The number of hydrogen-bond acceptors (Lipinski definition) is 2. The van der Waals surface area contributed by atoms with E-state index in [1.807, 2.05) is 0 Å². The van der Waals surface area contributed by atoms with E-state index in [1.165, 1.54) is 12.1 Å². The summed E-state index contributed by atoms with van der Waals surface area (Å²) in [6, 6.07) is 4.67. The second kappa shape index (κ2) is 8.11. The first kappa shape index (κ1) is 18.7. The van der Waals surface area contributed by atoms with Crippen molar-refractivity contribution in [2.24, 2.45) is 0 Å². The predicted octanol–water partition coefficient (Wildman–Crippen LogP) is 2.35. The minimum absolute atomic E-state index is 0. The molecule has 0 radical (unpaired) electrons. The van der Waals surface area contributed by atoms with Crippen molar-refractivity contribution in [1.82, 2.24) is 10.2 Å². The standard InChI is InChI=1S/C13H17F3N2O.ClH/c1-17-7-8-18(2)12(19)9-10-3-5-11(6-4-10)13(14,15)16;/h3-6,17H,7-9H2,1-2H3;1H. The maximum absolute atomic E-state index is 12.4. The molecule has 0 aliphatic heterocycles. The maximum Gasteiger partial charge on any atom is 0.416 e. The van der Waals surface area contributed by atoms with Crippen LogP contribution in [0.2, 0.25) is 0 Å². The van der Waals surface area contributed by atoms with Crippen LogP contribution in [-0.4, -0.2) is 38.0 Å². The van der Waals surface area contributed by atoms with E-state index in [0.717, 1.165) is 12.1 Å². The molecule has 20 heavy (non-hydrogen) atoms. The van der Waals surface area contributed by atoms with Gasteiger partial charge < -0.3 is 10.2 Å². The number of nitrogens with one attached hydrogen (secondary N) is 1. The molecule has 0 atom stereocenters. The zero-order chi connectivity index (χ0) is 14.5. The first-order chi connectivity index (χ1) is 8.84. The smallest absolute Gasteiger partial charge is 0.344 e. The molecule has 0 spiro atoms. The molecular weight excluding hydrogens is 293 g/mol. The van der Waals surface area contributed by atoms with Crippen LogP contribution in [0.25, 0.3) is 0 Å². The van der Waals surface area contributed by atoms with Gasteiger partial charge >= 0.3 is 6.18 Å². The van der Waals surface area contributed by atoms with Crippen LogP contribution in [0.15, 0.2) is 24.3 Å². The molecule has 114 valence electrons. The number of halogens is 4. The van der Waals surface area contributed by atoms with Crippen molar-refractivity contribution in [3.05, 3.63) is 35.4 Å². The van der Waals surface area contributed by atoms with E-state index in [1.54, 1.807) is 19.0 Å². The fourth-order valence-corrected chi connectivity index (χ4v) is 1.53. The van der Waals surface area contributed by atoms with Crippen molar-refractivity contribution in [2.45, 2.75) is 12.6 Å². The number of amides is 1. The summed E-state index contributed by atoms with van der Waals surface area (Å²) < 4.78 is 37.1. The van der Waals surface area contributed by atoms with Crippen molar-refractivity contribution >= 4 is 18.3 Å². The summed E-state index contributed by atoms with van der Waals surface area (Å²) in [5.74, 6) is -0.116. The van der Waals surface area contributed by atoms with Crippen LogP contribution in [0.3, 0.4) is 0 Å². The Morgan fingerprint density at radius 1 is 1.25 bits per heavy atom. The molecule has 3 nitrogen and oxygen atoms in total. The summed E-state index contributed by atoms with van der Waals surface area (Å²) in [6.07, 6.45) is -4.23. The average molecular weight is 311 g/mol. The van der Waals surface area contributed by atoms with Gasteiger partial charge in [-0.2, -0.15) is 13.2 Å². The van der Waals surface area contributed by atoms with Crippen LogP contribution in [0.4, 0.5) is 13.2 Å². The SMILES string of the molecule is CNCCN(C)C(=O)Cc1ccc(C(F)(F)F)cc1.Cl. The molecule has 0 aliphatic rings. The summed E-state index contributed by atoms with van der Waals surface area (Å²) in [5.41, 5.74) is -0.124. The number of carbonyl (C=O) groups is 1. The Balaban J connectivity index is 0.00000361. The van der Waals surface area contributed by atoms with Gasteiger partial charge in [0.2, 0.25) is 5.91 Å². The lowest BCUT2D eigenvalue weighted by Crippen LogP contribution is -2.33. The Bertz CT molecular complexity index is 421. The highest BCUT2D eigenvalue weighted by molar-refractivity contribution is 5.85. The molecule has 1 aromatic rings. The monoisotopic (exact) mass is 310 g/mol. The zero-order valence-electron chi connectivity index (χ0n) is 11.3. The average Bonchev–Trinajstić information content (AvgIpc) is 2.35. The molecule has 1 N–H and O–H groups in total. The van der Waals surface area contributed by atoms with E-state index >= 15 is 0 Å². The Morgan fingerprint density at radius 2 is 1.80 bits per heavy atom. The lowest BCUT2D eigenvalue weighted by atomic mass is 10.1. The summed E-state index contributed by atoms with van der Waals surface area (Å²) in [6.45, 7) is 1.24. The largest absolute Gasteiger partial charge is 0.416 e. The van der Waals surface area contributed by atoms with Crippen LogP contribution < -0.4 is 5.32 Å². The number of alkyl halides is 3. The van der Waals surface area contributed by atoms with Gasteiger partial charge in [-0.1, -0.05) is 12.1 Å². The highest BCUT2D eigenvalue weighted by Crippen LogP contribution is 2.29. The van der Waals surface area contributed by atoms with Crippen LogP contribution in [0, 0.1) is 0 Å². The molecule has 0 saturated heterocycles. The molecule has 0 aromatic heterocycles. The number of nitrogens with zero attached hydrogens (tertiary/aromatic N) is 1. The molecule has 0 heterocycles. The van der Waals surface area contributed by atoms with E-state index in [2.05, 4.69) is 5.32 Å². The van der Waals surface area contributed by atoms with Crippen molar-refractivity contribution in [3.8, 4) is 0 Å². The van der Waals surface area contributed by atoms with Crippen molar-refractivity contribution in [1.29, 1.82) is 0 Å². The van der Waals surface area contributed by atoms with Crippen molar-refractivity contribution in [3.63, 3.8) is 0 Å². The summed E-state index contributed by atoms with van der Waals surface area (Å²) >= 11 is 0. The fraction of sp³-hybridized carbons (Fsp3) is 0.462. The number of rotatable bonds is 5. The molecule has 7 heteroatoms. The highest BCUT2D eigenvalue weighted by Gasteiger charge is 2.29. The first-order valence-corrected chi connectivity index (χ1v) is 5.89. The number of hydrogen-bond donors (Lipinski definition) is 1. The second-order valence-corrected chi connectivity index (χ2v) is 4.29. The van der Waals surface area contributed by atoms with Gasteiger partial charge in [0.25, 0.3) is 0 Å². The second-order valence-electron chi connectivity index (χ2n) is 4.29. The molecule has 0 unspecified atom stereocenters. The van der Waals surface area contributed by atoms with Gasteiger partial charge in [0, 0.05) is 20.1 Å². The van der Waals surface area contributed by atoms with E-state index in [0.29, 0.717) is 18.7 Å². The van der Waals surface area contributed by atoms with Gasteiger partial charge in [-0.3, -0.25) is 4.79 Å². The van der Waals surface area contributed by atoms with Crippen molar-refractivity contribution < 1.29 is 18.0 Å². The number of carbonyl (C=O) groups excluding carboxylic acids is 1. The van der Waals surface area contributed by atoms with Gasteiger partial charge in [0.1, 0.15) is 0 Å². The first-order valence-electron chi connectivity index (χ1n) is 5.89. The third kappa shape index (κ3) is 5.79. The molecule has 0 aliphatic carbocycles. The third-order valence-corrected chi connectivity index (χ3v) is 2.76. The topological polar surface area (TPSA) is 32.3 Å². The normalized spacial score (nSPS) is 10.8. The van der Waals surface area contributed by atoms with E-state index in [9.17, 15) is 18.0 Å². The molecule has 1 rings (SSSR count). The minimum atomic E-state index is -4.34. The number of benzene rings is 1. The Kier molecular flexibility index (Phi) is 7.60. The third-order valence-electron chi connectivity index (χ3n) is 2.76. The van der Waals surface area contributed by atoms with E-state index in [4.69, 9.17) is 0 Å². The number of likely N-dealkylation sites (N-methyl/N-ethyl adjacent to an activating group) is 2. The van der Waals surface area contributed by atoms with Crippen molar-refractivity contribution in [2.75, 3.05) is 27.2 Å². The van der Waals surface area contributed by atoms with Gasteiger partial charge in [-0.25, -0.2) is 0 Å². The molecule has 0 fully saturated rings. The fourth-order valence-electron chi connectivity index (χ4n) is 1.53. The molecule has 0 saturated carbocycles. The van der Waals surface area contributed by atoms with E-state index < -0.39 is 11.7 Å². The van der Waals surface area contributed by atoms with Gasteiger partial charge in [0.15, 0.2) is 0 Å². The summed E-state index contributed by atoms with van der Waals surface area (Å²) in [4.78, 5) is 13.3. The lowest BCUT2D eigenvalue weighted by molar-refractivity contribution is -0.137.